The van der Waals surface area contributed by atoms with E-state index in [1.54, 1.807) is 17.0 Å². The Morgan fingerprint density at radius 2 is 2.04 bits per heavy atom. The number of hydrogen-bond donors (Lipinski definition) is 0. The summed E-state index contributed by atoms with van der Waals surface area (Å²) in [6.45, 7) is 3.19. The predicted molar refractivity (Wildman–Crippen MR) is 113 cm³/mol. The van der Waals surface area contributed by atoms with E-state index in [0.717, 1.165) is 15.8 Å². The van der Waals surface area contributed by atoms with E-state index in [-0.39, 0.29) is 24.1 Å². The fourth-order valence-electron chi connectivity index (χ4n) is 2.40. The molecule has 26 heavy (non-hydrogen) atoms. The summed E-state index contributed by atoms with van der Waals surface area (Å²) in [5.41, 5.74) is 1.86. The molecule has 0 spiro atoms. The quantitative estimate of drug-likeness (QED) is 0.502. The van der Waals surface area contributed by atoms with Crippen LogP contribution in [0.1, 0.15) is 16.1 Å². The summed E-state index contributed by atoms with van der Waals surface area (Å²) in [7, 11) is 3.93. The number of halogens is 3. The van der Waals surface area contributed by atoms with Crippen molar-refractivity contribution >= 4 is 72.5 Å². The van der Waals surface area contributed by atoms with E-state index >= 15 is 0 Å². The Balaban J connectivity index is 0.00000243. The maximum absolute atomic E-state index is 12.9. The number of aryl methyl sites for hydroxylation is 1. The van der Waals surface area contributed by atoms with E-state index in [9.17, 15) is 4.79 Å². The lowest BCUT2D eigenvalue weighted by Gasteiger charge is -2.20. The van der Waals surface area contributed by atoms with Crippen LogP contribution < -0.4 is 4.90 Å². The molecule has 9 heteroatoms. The Morgan fingerprint density at radius 1 is 1.31 bits per heavy atom. The monoisotopic (exact) mass is 477 g/mol. The van der Waals surface area contributed by atoms with E-state index in [0.29, 0.717) is 27.9 Å². The second kappa shape index (κ2) is 8.71. The highest BCUT2D eigenvalue weighted by Crippen LogP contribution is 2.33. The second-order valence-electron chi connectivity index (χ2n) is 5.93. The Labute approximate surface area is 175 Å². The summed E-state index contributed by atoms with van der Waals surface area (Å²) in [5, 5.41) is 1.31. The number of rotatable bonds is 5. The molecule has 140 valence electrons. The molecule has 3 aromatic rings. The summed E-state index contributed by atoms with van der Waals surface area (Å²) in [5.74, 6) is 0.0648. The average Bonchev–Trinajstić information content (AvgIpc) is 3.13. The van der Waals surface area contributed by atoms with Crippen LogP contribution in [-0.2, 0) is 0 Å². The van der Waals surface area contributed by atoms with Crippen molar-refractivity contribution in [1.29, 1.82) is 0 Å². The van der Waals surface area contributed by atoms with Crippen LogP contribution in [0.15, 0.2) is 33.4 Å². The van der Waals surface area contributed by atoms with Crippen LogP contribution in [0.5, 0.6) is 0 Å². The van der Waals surface area contributed by atoms with Gasteiger partial charge in [-0.2, -0.15) is 0 Å². The summed E-state index contributed by atoms with van der Waals surface area (Å²) >= 11 is 10.8. The summed E-state index contributed by atoms with van der Waals surface area (Å²) in [4.78, 5) is 21.3. The van der Waals surface area contributed by atoms with E-state index in [4.69, 9.17) is 16.0 Å². The second-order valence-corrected chi connectivity index (χ2v) is 8.16. The molecule has 5 nitrogen and oxygen atoms in total. The highest BCUT2D eigenvalue weighted by molar-refractivity contribution is 9.10. The molecule has 1 aromatic carbocycles. The van der Waals surface area contributed by atoms with E-state index in [1.807, 2.05) is 38.1 Å². The number of nitrogens with zero attached hydrogens (tertiary/aromatic N) is 3. The topological polar surface area (TPSA) is 49.6 Å². The van der Waals surface area contributed by atoms with E-state index in [1.165, 1.54) is 11.3 Å². The number of amides is 1. The van der Waals surface area contributed by atoms with Gasteiger partial charge in [0.05, 0.1) is 10.2 Å². The van der Waals surface area contributed by atoms with Crippen molar-refractivity contribution in [2.75, 3.05) is 32.1 Å². The standard InChI is InChI=1S/C17H17BrClN3O2S.ClH/c1-10-8-11(19)9-13-15(10)20-17(25-13)22(7-6-21(2)3)16(23)12-4-5-14(18)24-12;/h4-5,8-9H,6-7H2,1-3H3;1H. The maximum atomic E-state index is 12.9. The zero-order valence-corrected chi connectivity index (χ0v) is 18.4. The Morgan fingerprint density at radius 3 is 2.65 bits per heavy atom. The van der Waals surface area contributed by atoms with Gasteiger partial charge in [0, 0.05) is 18.1 Å². The van der Waals surface area contributed by atoms with Crippen molar-refractivity contribution in [3.63, 3.8) is 0 Å². The molecule has 2 aromatic heterocycles. The minimum atomic E-state index is -0.213. The fraction of sp³-hybridized carbons (Fsp3) is 0.294. The highest BCUT2D eigenvalue weighted by Gasteiger charge is 2.24. The van der Waals surface area contributed by atoms with Crippen molar-refractivity contribution in [3.8, 4) is 0 Å². The van der Waals surface area contributed by atoms with Gasteiger partial charge in [-0.15, -0.1) is 12.4 Å². The molecule has 0 aliphatic carbocycles. The molecule has 1 amide bonds. The number of anilines is 1. The minimum absolute atomic E-state index is 0. The molecule has 2 heterocycles. The number of carbonyl (C=O) groups excluding carboxylic acids is 1. The lowest BCUT2D eigenvalue weighted by atomic mass is 10.2. The highest BCUT2D eigenvalue weighted by atomic mass is 79.9. The van der Waals surface area contributed by atoms with Crippen LogP contribution in [0, 0.1) is 6.92 Å². The van der Waals surface area contributed by atoms with E-state index < -0.39 is 0 Å². The van der Waals surface area contributed by atoms with Crippen molar-refractivity contribution in [3.05, 3.63) is 45.3 Å². The van der Waals surface area contributed by atoms with Crippen LogP contribution in [0.3, 0.4) is 0 Å². The van der Waals surface area contributed by atoms with Gasteiger partial charge in [-0.1, -0.05) is 22.9 Å². The van der Waals surface area contributed by atoms with Gasteiger partial charge in [0.1, 0.15) is 0 Å². The van der Waals surface area contributed by atoms with Crippen LogP contribution >= 0.6 is 51.3 Å². The smallest absolute Gasteiger partial charge is 0.295 e. The van der Waals surface area contributed by atoms with E-state index in [2.05, 4.69) is 20.9 Å². The molecule has 0 aliphatic heterocycles. The minimum Gasteiger partial charge on any atom is -0.444 e. The maximum Gasteiger partial charge on any atom is 0.295 e. The third-order valence-electron chi connectivity index (χ3n) is 3.67. The van der Waals surface area contributed by atoms with Gasteiger partial charge in [-0.25, -0.2) is 4.98 Å². The molecule has 0 atom stereocenters. The van der Waals surface area contributed by atoms with Crippen LogP contribution in [-0.4, -0.2) is 43.0 Å². The van der Waals surface area contributed by atoms with Crippen LogP contribution in [0.25, 0.3) is 10.2 Å². The molecule has 0 bridgehead atoms. The van der Waals surface area contributed by atoms with Gasteiger partial charge in [-0.05, 0) is 66.8 Å². The number of aromatic nitrogens is 1. The number of hydrogen-bond acceptors (Lipinski definition) is 5. The molecular formula is C17H18BrCl2N3O2S. The normalized spacial score (nSPS) is 11.0. The first-order valence-corrected chi connectivity index (χ1v) is 9.62. The lowest BCUT2D eigenvalue weighted by Crippen LogP contribution is -2.36. The number of benzene rings is 1. The molecule has 0 N–H and O–H groups in total. The molecular weight excluding hydrogens is 461 g/mol. The lowest BCUT2D eigenvalue weighted by molar-refractivity contribution is 0.0957. The third kappa shape index (κ3) is 4.58. The molecule has 0 saturated carbocycles. The van der Waals surface area contributed by atoms with Gasteiger partial charge < -0.3 is 9.32 Å². The van der Waals surface area contributed by atoms with Gasteiger partial charge >= 0.3 is 0 Å². The zero-order chi connectivity index (χ0) is 18.1. The summed E-state index contributed by atoms with van der Waals surface area (Å²) in [6, 6.07) is 7.12. The van der Waals surface area contributed by atoms with Crippen molar-refractivity contribution in [1.82, 2.24) is 9.88 Å². The fourth-order valence-corrected chi connectivity index (χ4v) is 4.16. The first kappa shape index (κ1) is 21.2. The molecule has 0 aliphatic rings. The first-order chi connectivity index (χ1) is 11.8. The van der Waals surface area contributed by atoms with Gasteiger partial charge in [0.15, 0.2) is 15.6 Å². The van der Waals surface area contributed by atoms with Crippen molar-refractivity contribution in [2.24, 2.45) is 0 Å². The SMILES string of the molecule is Cc1cc(Cl)cc2sc(N(CCN(C)C)C(=O)c3ccc(Br)o3)nc12.Cl. The Bertz CT molecular complexity index is 926. The average molecular weight is 479 g/mol. The van der Waals surface area contributed by atoms with Crippen molar-refractivity contribution in [2.45, 2.75) is 6.92 Å². The number of fused-ring (bicyclic) bond motifs is 1. The molecule has 0 fully saturated rings. The molecule has 3 rings (SSSR count). The third-order valence-corrected chi connectivity index (χ3v) is 5.34. The summed E-state index contributed by atoms with van der Waals surface area (Å²) < 4.78 is 6.92. The zero-order valence-electron chi connectivity index (χ0n) is 14.5. The van der Waals surface area contributed by atoms with Gasteiger partial charge in [-0.3, -0.25) is 9.69 Å². The van der Waals surface area contributed by atoms with Crippen LogP contribution in [0.4, 0.5) is 5.13 Å². The predicted octanol–water partition coefficient (Wildman–Crippen LogP) is 5.24. The number of thiazole rings is 1. The Hall–Kier alpha value is -1.12. The molecule has 0 saturated heterocycles. The Kier molecular flexibility index (Phi) is 7.10. The molecule has 0 radical (unpaired) electrons. The van der Waals surface area contributed by atoms with Gasteiger partial charge in [0.25, 0.3) is 5.91 Å². The van der Waals surface area contributed by atoms with Crippen molar-refractivity contribution < 1.29 is 9.21 Å². The number of likely N-dealkylation sites (N-methyl/N-ethyl adjacent to an activating group) is 1. The summed E-state index contributed by atoms with van der Waals surface area (Å²) in [6.07, 6.45) is 0. The number of furan rings is 1. The first-order valence-electron chi connectivity index (χ1n) is 7.64. The van der Waals surface area contributed by atoms with Crippen LogP contribution in [0.2, 0.25) is 5.02 Å². The molecule has 0 unspecified atom stereocenters. The van der Waals surface area contributed by atoms with Gasteiger partial charge in [0.2, 0.25) is 0 Å². The largest absolute Gasteiger partial charge is 0.444 e. The number of carbonyl (C=O) groups is 1.